The highest BCUT2D eigenvalue weighted by atomic mass is 32.2. The molecule has 94 valence electrons. The van der Waals surface area contributed by atoms with Crippen LogP contribution in [0.2, 0.25) is 0 Å². The lowest BCUT2D eigenvalue weighted by Gasteiger charge is -2.18. The summed E-state index contributed by atoms with van der Waals surface area (Å²) < 4.78 is 0. The van der Waals surface area contributed by atoms with E-state index in [0.29, 0.717) is 0 Å². The average Bonchev–Trinajstić information content (AvgIpc) is 2.28. The molecule has 1 aromatic rings. The van der Waals surface area contributed by atoms with Crippen molar-refractivity contribution in [2.75, 3.05) is 5.75 Å². The van der Waals surface area contributed by atoms with Gasteiger partial charge in [-0.05, 0) is 29.4 Å². The molecule has 0 radical (unpaired) electrons. The molecule has 1 rings (SSSR count). The summed E-state index contributed by atoms with van der Waals surface area (Å²) in [5.74, 6) is 0.184. The number of carboxylic acid groups (broad SMARTS) is 1. The molecule has 0 bridgehead atoms. The number of aliphatic carboxylic acids is 1. The maximum absolute atomic E-state index is 10.6. The van der Waals surface area contributed by atoms with Crippen LogP contribution in [0.15, 0.2) is 29.2 Å². The maximum Gasteiger partial charge on any atom is 0.303 e. The molecule has 0 saturated carbocycles. The third-order valence-corrected chi connectivity index (χ3v) is 3.58. The molecule has 3 N–H and O–H groups in total. The van der Waals surface area contributed by atoms with E-state index in [9.17, 15) is 4.79 Å². The summed E-state index contributed by atoms with van der Waals surface area (Å²) in [5, 5.41) is 8.73. The van der Waals surface area contributed by atoms with Crippen molar-refractivity contribution in [1.29, 1.82) is 0 Å². The SMILES string of the molecule is CCSc1ccc(C(N)C(C)CC(=O)O)cc1. The summed E-state index contributed by atoms with van der Waals surface area (Å²) in [6.45, 7) is 3.98. The lowest BCUT2D eigenvalue weighted by molar-refractivity contribution is -0.138. The summed E-state index contributed by atoms with van der Waals surface area (Å²) in [4.78, 5) is 11.8. The molecule has 0 fully saturated rings. The average molecular weight is 253 g/mol. The van der Waals surface area contributed by atoms with E-state index in [1.807, 2.05) is 31.2 Å². The molecular formula is C13H19NO2S. The molecule has 3 nitrogen and oxygen atoms in total. The number of thioether (sulfide) groups is 1. The first-order chi connectivity index (χ1) is 8.04. The fourth-order valence-corrected chi connectivity index (χ4v) is 2.35. The normalized spacial score (nSPS) is 14.3. The quantitative estimate of drug-likeness (QED) is 0.765. The predicted molar refractivity (Wildman–Crippen MR) is 71.2 cm³/mol. The molecule has 2 unspecified atom stereocenters. The molecule has 0 aliphatic heterocycles. The van der Waals surface area contributed by atoms with Crippen molar-refractivity contribution >= 4 is 17.7 Å². The zero-order valence-electron chi connectivity index (χ0n) is 10.2. The van der Waals surface area contributed by atoms with Crippen molar-refractivity contribution in [2.24, 2.45) is 11.7 Å². The fraction of sp³-hybridized carbons (Fsp3) is 0.462. The monoisotopic (exact) mass is 253 g/mol. The van der Waals surface area contributed by atoms with E-state index in [1.165, 1.54) is 4.90 Å². The highest BCUT2D eigenvalue weighted by Crippen LogP contribution is 2.25. The third kappa shape index (κ3) is 4.40. The zero-order valence-corrected chi connectivity index (χ0v) is 11.0. The Bertz CT molecular complexity index is 364. The maximum atomic E-state index is 10.6. The van der Waals surface area contributed by atoms with E-state index in [1.54, 1.807) is 11.8 Å². The molecule has 0 aromatic heterocycles. The minimum atomic E-state index is -0.800. The summed E-state index contributed by atoms with van der Waals surface area (Å²) in [6, 6.07) is 7.84. The number of carbonyl (C=O) groups is 1. The highest BCUT2D eigenvalue weighted by molar-refractivity contribution is 7.99. The lowest BCUT2D eigenvalue weighted by atomic mass is 9.93. The topological polar surface area (TPSA) is 63.3 Å². The molecule has 1 aromatic carbocycles. The van der Waals surface area contributed by atoms with Gasteiger partial charge in [-0.25, -0.2) is 0 Å². The first-order valence-electron chi connectivity index (χ1n) is 5.74. The van der Waals surface area contributed by atoms with Crippen molar-refractivity contribution in [3.05, 3.63) is 29.8 Å². The molecule has 0 spiro atoms. The number of benzene rings is 1. The van der Waals surface area contributed by atoms with Crippen molar-refractivity contribution in [1.82, 2.24) is 0 Å². The van der Waals surface area contributed by atoms with Crippen LogP contribution in [-0.4, -0.2) is 16.8 Å². The van der Waals surface area contributed by atoms with Gasteiger partial charge in [-0.3, -0.25) is 4.79 Å². The number of hydrogen-bond donors (Lipinski definition) is 2. The van der Waals surface area contributed by atoms with Crippen molar-refractivity contribution in [3.63, 3.8) is 0 Å². The molecule has 0 aliphatic carbocycles. The van der Waals surface area contributed by atoms with Crippen LogP contribution in [0.25, 0.3) is 0 Å². The first kappa shape index (κ1) is 14.1. The summed E-state index contributed by atoms with van der Waals surface area (Å²) in [7, 11) is 0. The molecule has 2 atom stereocenters. The molecule has 0 saturated heterocycles. The van der Waals surface area contributed by atoms with Crippen molar-refractivity contribution < 1.29 is 9.90 Å². The number of rotatable bonds is 6. The van der Waals surface area contributed by atoms with E-state index in [4.69, 9.17) is 10.8 Å². The number of hydrogen-bond acceptors (Lipinski definition) is 3. The lowest BCUT2D eigenvalue weighted by Crippen LogP contribution is -2.21. The fourth-order valence-electron chi connectivity index (χ4n) is 1.68. The Morgan fingerprint density at radius 2 is 2.00 bits per heavy atom. The predicted octanol–water partition coefficient (Wildman–Crippen LogP) is 2.91. The van der Waals surface area contributed by atoms with E-state index >= 15 is 0 Å². The van der Waals surface area contributed by atoms with Crippen molar-refractivity contribution in [3.8, 4) is 0 Å². The Balaban J connectivity index is 2.68. The minimum absolute atomic E-state index is 0.0582. The largest absolute Gasteiger partial charge is 0.481 e. The van der Waals surface area contributed by atoms with Gasteiger partial charge in [0.1, 0.15) is 0 Å². The van der Waals surface area contributed by atoms with E-state index in [-0.39, 0.29) is 18.4 Å². The Morgan fingerprint density at radius 3 is 2.47 bits per heavy atom. The second-order valence-electron chi connectivity index (χ2n) is 4.10. The van der Waals surface area contributed by atoms with Crippen LogP contribution in [0.4, 0.5) is 0 Å². The third-order valence-electron chi connectivity index (χ3n) is 2.69. The van der Waals surface area contributed by atoms with Gasteiger partial charge in [-0.1, -0.05) is 26.0 Å². The van der Waals surface area contributed by atoms with Gasteiger partial charge in [-0.15, -0.1) is 11.8 Å². The Morgan fingerprint density at radius 1 is 1.41 bits per heavy atom. The highest BCUT2D eigenvalue weighted by Gasteiger charge is 2.17. The molecule has 17 heavy (non-hydrogen) atoms. The minimum Gasteiger partial charge on any atom is -0.481 e. The van der Waals surface area contributed by atoms with Crippen LogP contribution < -0.4 is 5.73 Å². The number of carboxylic acids is 1. The van der Waals surface area contributed by atoms with E-state index in [0.717, 1.165) is 11.3 Å². The Kier molecular flexibility index (Phi) is 5.51. The van der Waals surface area contributed by atoms with E-state index < -0.39 is 5.97 Å². The second kappa shape index (κ2) is 6.67. The van der Waals surface area contributed by atoms with Gasteiger partial charge in [0.25, 0.3) is 0 Å². The van der Waals surface area contributed by atoms with Gasteiger partial charge in [0.05, 0.1) is 0 Å². The van der Waals surface area contributed by atoms with Gasteiger partial charge in [0.15, 0.2) is 0 Å². The van der Waals surface area contributed by atoms with Crippen LogP contribution in [0.1, 0.15) is 31.9 Å². The second-order valence-corrected chi connectivity index (χ2v) is 5.44. The van der Waals surface area contributed by atoms with Crippen LogP contribution in [0.5, 0.6) is 0 Å². The van der Waals surface area contributed by atoms with Crippen LogP contribution in [-0.2, 0) is 4.79 Å². The number of nitrogens with two attached hydrogens (primary N) is 1. The first-order valence-corrected chi connectivity index (χ1v) is 6.73. The van der Waals surface area contributed by atoms with Crippen LogP contribution in [0, 0.1) is 5.92 Å². The van der Waals surface area contributed by atoms with Gasteiger partial charge in [0, 0.05) is 17.4 Å². The van der Waals surface area contributed by atoms with Gasteiger partial charge < -0.3 is 10.8 Å². The van der Waals surface area contributed by atoms with Crippen LogP contribution >= 0.6 is 11.8 Å². The zero-order chi connectivity index (χ0) is 12.8. The smallest absolute Gasteiger partial charge is 0.303 e. The summed E-state index contributed by atoms with van der Waals surface area (Å²) in [6.07, 6.45) is 0.104. The van der Waals surface area contributed by atoms with E-state index in [2.05, 4.69) is 6.92 Å². The molecular weight excluding hydrogens is 234 g/mol. The Labute approximate surface area is 106 Å². The van der Waals surface area contributed by atoms with Gasteiger partial charge >= 0.3 is 5.97 Å². The van der Waals surface area contributed by atoms with Gasteiger partial charge in [-0.2, -0.15) is 0 Å². The molecule has 0 amide bonds. The molecule has 0 heterocycles. The van der Waals surface area contributed by atoms with Crippen LogP contribution in [0.3, 0.4) is 0 Å². The van der Waals surface area contributed by atoms with Crippen molar-refractivity contribution in [2.45, 2.75) is 31.2 Å². The molecule has 4 heteroatoms. The van der Waals surface area contributed by atoms with Gasteiger partial charge in [0.2, 0.25) is 0 Å². The summed E-state index contributed by atoms with van der Waals surface area (Å²) in [5.41, 5.74) is 7.04. The standard InChI is InChI=1S/C13H19NO2S/c1-3-17-11-6-4-10(5-7-11)13(14)9(2)8-12(15)16/h4-7,9,13H,3,8,14H2,1-2H3,(H,15,16). The Hall–Kier alpha value is -1.00. The summed E-state index contributed by atoms with van der Waals surface area (Å²) >= 11 is 1.78. The molecule has 0 aliphatic rings.